The molecule has 1 heterocycles. The van der Waals surface area contributed by atoms with Gasteiger partial charge in [0.15, 0.2) is 14.6 Å². The monoisotopic (exact) mass is 420 g/mol. The first-order valence-electron chi connectivity index (χ1n) is 8.89. The second-order valence-electron chi connectivity index (χ2n) is 7.21. The molecule has 0 bridgehead atoms. The number of halogens is 2. The Morgan fingerprint density at radius 3 is 2.42 bits per heavy atom. The zero-order valence-corrected chi connectivity index (χ0v) is 17.2. The van der Waals surface area contributed by atoms with Crippen molar-refractivity contribution in [3.05, 3.63) is 29.3 Å². The van der Waals surface area contributed by atoms with Crippen LogP contribution in [0.1, 0.15) is 39.0 Å². The highest BCUT2D eigenvalue weighted by atomic mass is 35.5. The standard InChI is InChI=1S/C18H25ClN2O3S.ClH/c1-13-8-11-20-12-16(13)21-17(22)18(9-2-3-10-18)25(23,24)15-6-4-14(19)5-7-15;/h4-7,13,16,20H,2-3,8-12H2,1H3,(H,21,22);1H. The molecule has 146 valence electrons. The van der Waals surface area contributed by atoms with Gasteiger partial charge in [-0.05, 0) is 56.0 Å². The minimum absolute atomic E-state index is 0. The molecule has 1 saturated carbocycles. The van der Waals surface area contributed by atoms with E-state index in [-0.39, 0.29) is 29.3 Å². The third-order valence-corrected chi connectivity index (χ3v) is 8.37. The molecule has 0 aromatic heterocycles. The van der Waals surface area contributed by atoms with E-state index in [1.807, 2.05) is 0 Å². The van der Waals surface area contributed by atoms with Crippen LogP contribution in [0.5, 0.6) is 0 Å². The quantitative estimate of drug-likeness (QED) is 0.784. The lowest BCUT2D eigenvalue weighted by atomic mass is 9.94. The van der Waals surface area contributed by atoms with Crippen molar-refractivity contribution in [2.24, 2.45) is 5.92 Å². The summed E-state index contributed by atoms with van der Waals surface area (Å²) in [6, 6.07) is 6.08. The summed E-state index contributed by atoms with van der Waals surface area (Å²) in [6.07, 6.45) is 3.22. The highest BCUT2D eigenvalue weighted by molar-refractivity contribution is 7.93. The summed E-state index contributed by atoms with van der Waals surface area (Å²) in [7, 11) is -3.78. The molecular formula is C18H26Cl2N2O3S. The van der Waals surface area contributed by atoms with Crippen LogP contribution in [0, 0.1) is 5.92 Å². The molecule has 1 aromatic rings. The largest absolute Gasteiger partial charge is 0.350 e. The van der Waals surface area contributed by atoms with Gasteiger partial charge in [0.2, 0.25) is 5.91 Å². The minimum atomic E-state index is -3.78. The van der Waals surface area contributed by atoms with Crippen LogP contribution >= 0.6 is 24.0 Å². The minimum Gasteiger partial charge on any atom is -0.350 e. The first kappa shape index (κ1) is 21.5. The maximum absolute atomic E-state index is 13.3. The number of sulfone groups is 1. The number of hydrogen-bond acceptors (Lipinski definition) is 4. The summed E-state index contributed by atoms with van der Waals surface area (Å²) in [5.74, 6) is -0.0117. The topological polar surface area (TPSA) is 75.3 Å². The summed E-state index contributed by atoms with van der Waals surface area (Å²) >= 11 is 5.88. The van der Waals surface area contributed by atoms with Crippen molar-refractivity contribution >= 4 is 39.8 Å². The van der Waals surface area contributed by atoms with Crippen LogP contribution in [0.2, 0.25) is 5.02 Å². The average Bonchev–Trinajstić information content (AvgIpc) is 3.09. The van der Waals surface area contributed by atoms with E-state index >= 15 is 0 Å². The van der Waals surface area contributed by atoms with Crippen LogP contribution in [0.4, 0.5) is 0 Å². The Morgan fingerprint density at radius 1 is 1.23 bits per heavy atom. The summed E-state index contributed by atoms with van der Waals surface area (Å²) in [5, 5.41) is 6.78. The second kappa shape index (κ2) is 8.46. The molecule has 26 heavy (non-hydrogen) atoms. The van der Waals surface area contributed by atoms with Gasteiger partial charge in [-0.25, -0.2) is 8.42 Å². The fraction of sp³-hybridized carbons (Fsp3) is 0.611. The van der Waals surface area contributed by atoms with E-state index in [2.05, 4.69) is 17.6 Å². The number of nitrogens with one attached hydrogen (secondary N) is 2. The van der Waals surface area contributed by atoms with Gasteiger partial charge in [-0.15, -0.1) is 12.4 Å². The number of carbonyl (C=O) groups excluding carboxylic acids is 1. The summed E-state index contributed by atoms with van der Waals surface area (Å²) < 4.78 is 25.3. The zero-order valence-electron chi connectivity index (χ0n) is 14.8. The molecule has 5 nitrogen and oxygen atoms in total. The molecule has 8 heteroatoms. The van der Waals surface area contributed by atoms with E-state index < -0.39 is 14.6 Å². The molecule has 1 aliphatic carbocycles. The molecule has 1 aliphatic heterocycles. The molecule has 3 rings (SSSR count). The normalized spacial score (nSPS) is 25.3. The molecule has 1 amide bonds. The van der Waals surface area contributed by atoms with E-state index in [1.54, 1.807) is 12.1 Å². The maximum atomic E-state index is 13.3. The lowest BCUT2D eigenvalue weighted by Crippen LogP contribution is -2.58. The van der Waals surface area contributed by atoms with Crippen LogP contribution < -0.4 is 10.6 Å². The summed E-state index contributed by atoms with van der Waals surface area (Å²) in [4.78, 5) is 13.3. The summed E-state index contributed by atoms with van der Waals surface area (Å²) in [6.45, 7) is 3.71. The highest BCUT2D eigenvalue weighted by Gasteiger charge is 2.53. The molecule has 2 aliphatic rings. The molecule has 2 fully saturated rings. The smallest absolute Gasteiger partial charge is 0.242 e. The fourth-order valence-electron chi connectivity index (χ4n) is 3.89. The second-order valence-corrected chi connectivity index (χ2v) is 9.90. The van der Waals surface area contributed by atoms with E-state index in [0.717, 1.165) is 25.8 Å². The average molecular weight is 421 g/mol. The van der Waals surface area contributed by atoms with Gasteiger partial charge < -0.3 is 10.6 Å². The van der Waals surface area contributed by atoms with Gasteiger partial charge in [-0.1, -0.05) is 31.4 Å². The Hall–Kier alpha value is -0.820. The first-order valence-corrected chi connectivity index (χ1v) is 10.7. The lowest BCUT2D eigenvalue weighted by Gasteiger charge is -2.34. The number of piperidine rings is 1. The summed E-state index contributed by atoms with van der Waals surface area (Å²) in [5.41, 5.74) is 0. The SMILES string of the molecule is CC1CCNCC1NC(=O)C1(S(=O)(=O)c2ccc(Cl)cc2)CCCC1.Cl. The molecule has 1 saturated heterocycles. The third kappa shape index (κ3) is 3.88. The Labute approximate surface area is 166 Å². The van der Waals surface area contributed by atoms with Crippen molar-refractivity contribution in [3.8, 4) is 0 Å². The van der Waals surface area contributed by atoms with Crippen molar-refractivity contribution in [1.82, 2.24) is 10.6 Å². The first-order chi connectivity index (χ1) is 11.9. The van der Waals surface area contributed by atoms with Gasteiger partial charge >= 0.3 is 0 Å². The van der Waals surface area contributed by atoms with Crippen LogP contribution in [0.3, 0.4) is 0 Å². The van der Waals surface area contributed by atoms with Crippen LogP contribution in [-0.2, 0) is 14.6 Å². The van der Waals surface area contributed by atoms with Gasteiger partial charge in [-0.2, -0.15) is 0 Å². The highest BCUT2D eigenvalue weighted by Crippen LogP contribution is 2.41. The van der Waals surface area contributed by atoms with Gasteiger partial charge in [0.1, 0.15) is 0 Å². The Bertz CT molecular complexity index is 731. The molecule has 0 radical (unpaired) electrons. The predicted octanol–water partition coefficient (Wildman–Crippen LogP) is 2.96. The van der Waals surface area contributed by atoms with Crippen LogP contribution in [0.15, 0.2) is 29.2 Å². The lowest BCUT2D eigenvalue weighted by molar-refractivity contribution is -0.124. The number of rotatable bonds is 4. The zero-order chi connectivity index (χ0) is 18.1. The molecule has 1 aromatic carbocycles. The Morgan fingerprint density at radius 2 is 1.85 bits per heavy atom. The van der Waals surface area contributed by atoms with Gasteiger partial charge in [0, 0.05) is 17.6 Å². The molecule has 0 spiro atoms. The van der Waals surface area contributed by atoms with Gasteiger partial charge in [0.05, 0.1) is 4.90 Å². The van der Waals surface area contributed by atoms with Gasteiger partial charge in [0.25, 0.3) is 0 Å². The van der Waals surface area contributed by atoms with Crippen molar-refractivity contribution in [2.45, 2.75) is 54.7 Å². The van der Waals surface area contributed by atoms with E-state index in [9.17, 15) is 13.2 Å². The number of carbonyl (C=O) groups is 1. The Balaban J connectivity index is 0.00000243. The third-order valence-electron chi connectivity index (χ3n) is 5.61. The number of amides is 1. The van der Waals surface area contributed by atoms with E-state index in [1.165, 1.54) is 12.1 Å². The van der Waals surface area contributed by atoms with Crippen LogP contribution in [0.25, 0.3) is 0 Å². The van der Waals surface area contributed by atoms with E-state index in [0.29, 0.717) is 30.3 Å². The van der Waals surface area contributed by atoms with Crippen molar-refractivity contribution in [1.29, 1.82) is 0 Å². The van der Waals surface area contributed by atoms with Crippen LogP contribution in [-0.4, -0.2) is 38.2 Å². The van der Waals surface area contributed by atoms with Crippen molar-refractivity contribution in [3.63, 3.8) is 0 Å². The fourth-order valence-corrected chi connectivity index (χ4v) is 6.09. The Kier molecular flexibility index (Phi) is 6.99. The molecule has 2 N–H and O–H groups in total. The van der Waals surface area contributed by atoms with Crippen molar-refractivity contribution < 1.29 is 13.2 Å². The van der Waals surface area contributed by atoms with Gasteiger partial charge in [-0.3, -0.25) is 4.79 Å². The maximum Gasteiger partial charge on any atom is 0.242 e. The molecular weight excluding hydrogens is 395 g/mol. The number of hydrogen-bond donors (Lipinski definition) is 2. The number of benzene rings is 1. The molecule has 2 unspecified atom stereocenters. The molecule has 2 atom stereocenters. The van der Waals surface area contributed by atoms with Crippen molar-refractivity contribution in [2.75, 3.05) is 13.1 Å². The van der Waals surface area contributed by atoms with E-state index in [4.69, 9.17) is 11.6 Å². The predicted molar refractivity (Wildman–Crippen MR) is 106 cm³/mol.